The van der Waals surface area contributed by atoms with Crippen molar-refractivity contribution in [1.82, 2.24) is 9.78 Å². The second kappa shape index (κ2) is 5.02. The van der Waals surface area contributed by atoms with Gasteiger partial charge in [0.25, 0.3) is 5.79 Å². The molecule has 0 unspecified atom stereocenters. The summed E-state index contributed by atoms with van der Waals surface area (Å²) in [7, 11) is 0. The van der Waals surface area contributed by atoms with Crippen molar-refractivity contribution in [3.8, 4) is 0 Å². The lowest BCUT2D eigenvalue weighted by molar-refractivity contribution is -0.232. The molecule has 1 aromatic heterocycles. The Bertz CT molecular complexity index is 602. The van der Waals surface area contributed by atoms with Gasteiger partial charge in [-0.25, -0.2) is 9.59 Å². The van der Waals surface area contributed by atoms with Crippen molar-refractivity contribution >= 4 is 18.0 Å². The van der Waals surface area contributed by atoms with E-state index in [9.17, 15) is 9.59 Å². The Hall–Kier alpha value is -2.11. The molecule has 112 valence electrons. The number of hydrogen-bond donors (Lipinski definition) is 0. The maximum atomic E-state index is 12.1. The van der Waals surface area contributed by atoms with Crippen LogP contribution in [0.15, 0.2) is 11.8 Å². The first-order valence-corrected chi connectivity index (χ1v) is 7.25. The van der Waals surface area contributed by atoms with Gasteiger partial charge in [-0.1, -0.05) is 0 Å². The lowest BCUT2D eigenvalue weighted by Crippen LogP contribution is -2.44. The van der Waals surface area contributed by atoms with Crippen LogP contribution in [0, 0.1) is 6.92 Å². The predicted octanol–water partition coefficient (Wildman–Crippen LogP) is 1.97. The van der Waals surface area contributed by atoms with Gasteiger partial charge in [-0.05, 0) is 32.8 Å². The van der Waals surface area contributed by atoms with Crippen molar-refractivity contribution in [2.75, 3.05) is 0 Å². The van der Waals surface area contributed by atoms with E-state index < -0.39 is 17.7 Å². The Morgan fingerprint density at radius 3 is 2.43 bits per heavy atom. The molecule has 2 heterocycles. The van der Waals surface area contributed by atoms with Gasteiger partial charge >= 0.3 is 11.9 Å². The Kier molecular flexibility index (Phi) is 3.31. The van der Waals surface area contributed by atoms with E-state index >= 15 is 0 Å². The van der Waals surface area contributed by atoms with Gasteiger partial charge in [0, 0.05) is 31.1 Å². The molecule has 0 bridgehead atoms. The number of carbonyl (C=O) groups excluding carboxylic acids is 2. The van der Waals surface area contributed by atoms with E-state index in [4.69, 9.17) is 9.47 Å². The highest BCUT2D eigenvalue weighted by molar-refractivity contribution is 6.18. The molecule has 1 aliphatic carbocycles. The summed E-state index contributed by atoms with van der Waals surface area (Å²) >= 11 is 0. The van der Waals surface area contributed by atoms with Crippen LogP contribution in [0.3, 0.4) is 0 Å². The zero-order valence-electron chi connectivity index (χ0n) is 12.2. The average molecular weight is 290 g/mol. The van der Waals surface area contributed by atoms with Crippen molar-refractivity contribution in [2.24, 2.45) is 0 Å². The predicted molar refractivity (Wildman–Crippen MR) is 74.0 cm³/mol. The number of hydrogen-bond acceptors (Lipinski definition) is 5. The molecule has 1 saturated carbocycles. The highest BCUT2D eigenvalue weighted by atomic mass is 16.7. The molecule has 0 atom stereocenters. The minimum absolute atomic E-state index is 0.0636. The molecule has 0 N–H and O–H groups in total. The zero-order valence-corrected chi connectivity index (χ0v) is 12.2. The molecule has 0 aromatic carbocycles. The number of esters is 2. The van der Waals surface area contributed by atoms with Crippen molar-refractivity contribution in [2.45, 2.75) is 51.9 Å². The first-order chi connectivity index (χ1) is 10.0. The third-order valence-electron chi connectivity index (χ3n) is 3.97. The van der Waals surface area contributed by atoms with Crippen molar-refractivity contribution in [1.29, 1.82) is 0 Å². The van der Waals surface area contributed by atoms with E-state index in [1.807, 2.05) is 13.8 Å². The molecular formula is C15H18N2O4. The average Bonchev–Trinajstić information content (AvgIpc) is 3.01. The topological polar surface area (TPSA) is 70.4 Å². The van der Waals surface area contributed by atoms with Gasteiger partial charge in [0.05, 0.1) is 5.69 Å². The van der Waals surface area contributed by atoms with E-state index in [-0.39, 0.29) is 5.57 Å². The zero-order chi connectivity index (χ0) is 15.0. The fourth-order valence-electron chi connectivity index (χ4n) is 2.78. The molecule has 0 radical (unpaired) electrons. The van der Waals surface area contributed by atoms with Crippen molar-refractivity contribution in [3.63, 3.8) is 0 Å². The molecule has 1 saturated heterocycles. The smallest absolute Gasteiger partial charge is 0.348 e. The standard InChI is InChI=1S/C15H18N2O4/c1-3-17-9-11(10(2)16-17)8-12-13(18)20-15(21-14(12)19)6-4-5-7-15/h8-9H,3-7H2,1-2H3. The summed E-state index contributed by atoms with van der Waals surface area (Å²) in [6, 6.07) is 0. The number of ether oxygens (including phenoxy) is 2. The van der Waals surface area contributed by atoms with Gasteiger partial charge in [0.1, 0.15) is 5.57 Å². The number of rotatable bonds is 2. The maximum Gasteiger partial charge on any atom is 0.348 e. The SMILES string of the molecule is CCn1cc(C=C2C(=O)OC3(CCCC3)OC2=O)c(C)n1. The van der Waals surface area contributed by atoms with Gasteiger partial charge in [-0.3, -0.25) is 4.68 Å². The molecule has 0 amide bonds. The van der Waals surface area contributed by atoms with E-state index in [0.717, 1.165) is 30.6 Å². The Morgan fingerprint density at radius 1 is 1.29 bits per heavy atom. The quantitative estimate of drug-likeness (QED) is 0.473. The minimum Gasteiger partial charge on any atom is -0.419 e. The van der Waals surface area contributed by atoms with E-state index in [0.29, 0.717) is 12.8 Å². The first-order valence-electron chi connectivity index (χ1n) is 7.25. The van der Waals surface area contributed by atoms with Gasteiger partial charge in [0.2, 0.25) is 0 Å². The second-order valence-electron chi connectivity index (χ2n) is 5.48. The van der Waals surface area contributed by atoms with Gasteiger partial charge < -0.3 is 9.47 Å². The maximum absolute atomic E-state index is 12.1. The summed E-state index contributed by atoms with van der Waals surface area (Å²) in [4.78, 5) is 24.3. The molecule has 1 aromatic rings. The summed E-state index contributed by atoms with van der Waals surface area (Å²) in [6.07, 6.45) is 6.28. The fourth-order valence-corrected chi connectivity index (χ4v) is 2.78. The van der Waals surface area contributed by atoms with Gasteiger partial charge in [0.15, 0.2) is 0 Å². The lowest BCUT2D eigenvalue weighted by Gasteiger charge is -2.32. The van der Waals surface area contributed by atoms with E-state index in [1.165, 1.54) is 6.08 Å². The van der Waals surface area contributed by atoms with Crippen LogP contribution >= 0.6 is 0 Å². The van der Waals surface area contributed by atoms with Crippen LogP contribution in [0.2, 0.25) is 0 Å². The highest BCUT2D eigenvalue weighted by Gasteiger charge is 2.47. The summed E-state index contributed by atoms with van der Waals surface area (Å²) in [6.45, 7) is 4.52. The third-order valence-corrected chi connectivity index (χ3v) is 3.97. The number of carbonyl (C=O) groups is 2. The largest absolute Gasteiger partial charge is 0.419 e. The normalized spacial score (nSPS) is 20.6. The Balaban J connectivity index is 1.88. The van der Waals surface area contributed by atoms with Crippen LogP contribution in [0.4, 0.5) is 0 Å². The highest BCUT2D eigenvalue weighted by Crippen LogP contribution is 2.38. The fraction of sp³-hybridized carbons (Fsp3) is 0.533. The first kappa shape index (κ1) is 13.9. The van der Waals surface area contributed by atoms with E-state index in [2.05, 4.69) is 5.10 Å². The van der Waals surface area contributed by atoms with Crippen LogP contribution in [0.5, 0.6) is 0 Å². The Morgan fingerprint density at radius 2 is 1.90 bits per heavy atom. The van der Waals surface area contributed by atoms with Crippen LogP contribution in [0.25, 0.3) is 6.08 Å². The summed E-state index contributed by atoms with van der Waals surface area (Å²) in [5.74, 6) is -2.22. The lowest BCUT2D eigenvalue weighted by atomic mass is 10.1. The summed E-state index contributed by atoms with van der Waals surface area (Å²) in [5.41, 5.74) is 1.42. The number of nitrogens with zero attached hydrogens (tertiary/aromatic N) is 2. The Labute approximate surface area is 122 Å². The van der Waals surface area contributed by atoms with Crippen molar-refractivity contribution < 1.29 is 19.1 Å². The monoisotopic (exact) mass is 290 g/mol. The molecular weight excluding hydrogens is 272 g/mol. The van der Waals surface area contributed by atoms with Crippen LogP contribution in [-0.4, -0.2) is 27.5 Å². The van der Waals surface area contributed by atoms with Crippen LogP contribution in [-0.2, 0) is 25.6 Å². The third kappa shape index (κ3) is 2.46. The van der Waals surface area contributed by atoms with Crippen molar-refractivity contribution in [3.05, 3.63) is 23.0 Å². The molecule has 1 spiro atoms. The number of aryl methyl sites for hydroxylation is 2. The van der Waals surface area contributed by atoms with Crippen LogP contribution in [0.1, 0.15) is 43.9 Å². The molecule has 1 aliphatic heterocycles. The second-order valence-corrected chi connectivity index (χ2v) is 5.48. The number of aromatic nitrogens is 2. The van der Waals surface area contributed by atoms with E-state index in [1.54, 1.807) is 10.9 Å². The molecule has 6 nitrogen and oxygen atoms in total. The summed E-state index contributed by atoms with van der Waals surface area (Å²) in [5, 5.41) is 4.28. The summed E-state index contributed by atoms with van der Waals surface area (Å²) < 4.78 is 12.5. The molecule has 2 fully saturated rings. The molecule has 3 rings (SSSR count). The molecule has 21 heavy (non-hydrogen) atoms. The molecule has 6 heteroatoms. The molecule has 2 aliphatic rings. The van der Waals surface area contributed by atoms with Gasteiger partial charge in [-0.2, -0.15) is 5.10 Å². The minimum atomic E-state index is -1.02. The van der Waals surface area contributed by atoms with Gasteiger partial charge in [-0.15, -0.1) is 0 Å². The van der Waals surface area contributed by atoms with Crippen LogP contribution < -0.4 is 0 Å².